The molecule has 9 heteroatoms. The molecule has 2 aromatic heterocycles. The number of nitrogens with zero attached hydrogens (tertiary/aromatic N) is 4. The number of ether oxygens (including phenoxy) is 1. The number of nitrogens with one attached hydrogen (secondary N) is 1. The molecule has 0 radical (unpaired) electrons. The molecule has 0 unspecified atom stereocenters. The van der Waals surface area contributed by atoms with Gasteiger partial charge in [0.05, 0.1) is 24.7 Å². The zero-order chi connectivity index (χ0) is 20.3. The molecule has 2 heterocycles. The van der Waals surface area contributed by atoms with Crippen LogP contribution in [0.5, 0.6) is 0 Å². The maximum atomic E-state index is 12.9. The summed E-state index contributed by atoms with van der Waals surface area (Å²) in [4.78, 5) is 25.7. The molecule has 3 rings (SSSR count). The number of benzene rings is 1. The number of hydrogen-bond donors (Lipinski definition) is 1. The van der Waals surface area contributed by atoms with Gasteiger partial charge in [0.2, 0.25) is 0 Å². The zero-order valence-corrected chi connectivity index (χ0v) is 16.5. The van der Waals surface area contributed by atoms with Crippen LogP contribution in [-0.4, -0.2) is 45.2 Å². The van der Waals surface area contributed by atoms with Gasteiger partial charge in [-0.15, -0.1) is 0 Å². The van der Waals surface area contributed by atoms with Crippen molar-refractivity contribution >= 4 is 17.5 Å². The predicted octanol–water partition coefficient (Wildman–Crippen LogP) is 2.05. The lowest BCUT2D eigenvalue weighted by molar-refractivity contribution is 0.0903. The van der Waals surface area contributed by atoms with Crippen LogP contribution in [0.15, 0.2) is 47.5 Å². The summed E-state index contributed by atoms with van der Waals surface area (Å²) < 4.78 is 7.76. The molecule has 1 N–H and O–H groups in total. The van der Waals surface area contributed by atoms with Crippen LogP contribution < -0.4 is 10.9 Å². The van der Waals surface area contributed by atoms with Gasteiger partial charge in [-0.3, -0.25) is 14.3 Å². The third-order valence-corrected chi connectivity index (χ3v) is 4.28. The van der Waals surface area contributed by atoms with E-state index in [1.165, 1.54) is 16.9 Å². The van der Waals surface area contributed by atoms with Gasteiger partial charge in [0, 0.05) is 30.8 Å². The fourth-order valence-electron chi connectivity index (χ4n) is 2.70. The molecule has 0 bridgehead atoms. The lowest BCUT2D eigenvalue weighted by Gasteiger charge is -2.14. The Morgan fingerprint density at radius 1 is 1.32 bits per heavy atom. The van der Waals surface area contributed by atoms with E-state index >= 15 is 0 Å². The van der Waals surface area contributed by atoms with E-state index < -0.39 is 11.5 Å². The first-order chi connectivity index (χ1) is 13.4. The van der Waals surface area contributed by atoms with Gasteiger partial charge in [0.15, 0.2) is 0 Å². The minimum atomic E-state index is -0.534. The lowest BCUT2D eigenvalue weighted by Crippen LogP contribution is -2.39. The quantitative estimate of drug-likeness (QED) is 0.682. The van der Waals surface area contributed by atoms with Gasteiger partial charge >= 0.3 is 0 Å². The third-order valence-electron chi connectivity index (χ3n) is 4.03. The van der Waals surface area contributed by atoms with Crippen molar-refractivity contribution in [3.63, 3.8) is 0 Å². The molecule has 1 aromatic carbocycles. The van der Waals surface area contributed by atoms with Crippen molar-refractivity contribution in [1.29, 1.82) is 0 Å². The Balaban J connectivity index is 2.12. The Labute approximate surface area is 166 Å². The van der Waals surface area contributed by atoms with Crippen LogP contribution in [0.1, 0.15) is 17.3 Å². The number of amides is 1. The van der Waals surface area contributed by atoms with E-state index in [0.29, 0.717) is 23.0 Å². The van der Waals surface area contributed by atoms with Crippen molar-refractivity contribution in [3.8, 4) is 16.9 Å². The summed E-state index contributed by atoms with van der Waals surface area (Å²) in [6.07, 6.45) is 3.16. The van der Waals surface area contributed by atoms with Crippen LogP contribution in [0.25, 0.3) is 16.9 Å². The van der Waals surface area contributed by atoms with Gasteiger partial charge in [0.25, 0.3) is 11.5 Å². The van der Waals surface area contributed by atoms with Crippen LogP contribution in [0.3, 0.4) is 0 Å². The number of carbonyl (C=O) groups excluding carboxylic acids is 1. The van der Waals surface area contributed by atoms with Crippen molar-refractivity contribution in [2.24, 2.45) is 7.05 Å². The average molecular weight is 402 g/mol. The van der Waals surface area contributed by atoms with Crippen LogP contribution in [-0.2, 0) is 11.8 Å². The normalized spacial score (nSPS) is 12.0. The van der Waals surface area contributed by atoms with Crippen molar-refractivity contribution in [2.45, 2.75) is 13.0 Å². The van der Waals surface area contributed by atoms with Crippen LogP contribution in [0.2, 0.25) is 5.02 Å². The Bertz CT molecular complexity index is 1040. The molecular formula is C19H20ClN5O3. The maximum absolute atomic E-state index is 12.9. The molecule has 0 saturated carbocycles. The number of aromatic nitrogens is 4. The maximum Gasteiger partial charge on any atom is 0.284 e. The molecule has 0 aliphatic rings. The molecule has 1 amide bonds. The second-order valence-electron chi connectivity index (χ2n) is 6.37. The van der Waals surface area contributed by atoms with Crippen LogP contribution >= 0.6 is 11.6 Å². The SMILES string of the molecule is COC[C@H](C)NC(=O)c1cc(-c2ccc(Cl)cc2)nn(-c2cnn(C)c2)c1=O. The second kappa shape index (κ2) is 8.37. The minimum absolute atomic E-state index is 0.0215. The van der Waals surface area contributed by atoms with Gasteiger partial charge < -0.3 is 10.1 Å². The zero-order valence-electron chi connectivity index (χ0n) is 15.7. The molecule has 3 aromatic rings. The smallest absolute Gasteiger partial charge is 0.284 e. The standard InChI is InChI=1S/C19H20ClN5O3/c1-12(11-28-3)22-18(26)16-8-17(13-4-6-14(20)7-5-13)23-25(19(16)27)15-9-21-24(2)10-15/h4-10,12H,11H2,1-3H3,(H,22,26)/t12-/m0/s1. The Hall–Kier alpha value is -2.97. The van der Waals surface area contributed by atoms with Gasteiger partial charge in [-0.2, -0.15) is 14.9 Å². The first kappa shape index (κ1) is 19.8. The largest absolute Gasteiger partial charge is 0.383 e. The number of rotatable bonds is 6. The molecule has 0 saturated heterocycles. The van der Waals surface area contributed by atoms with Crippen molar-refractivity contribution in [3.05, 3.63) is 63.7 Å². The van der Waals surface area contributed by atoms with Gasteiger partial charge in [-0.05, 0) is 25.1 Å². The molecule has 1 atom stereocenters. The van der Waals surface area contributed by atoms with E-state index in [0.717, 1.165) is 5.56 Å². The van der Waals surface area contributed by atoms with E-state index in [2.05, 4.69) is 15.5 Å². The first-order valence-corrected chi connectivity index (χ1v) is 8.96. The molecule has 0 spiro atoms. The molecule has 0 fully saturated rings. The number of carbonyl (C=O) groups is 1. The Kier molecular flexibility index (Phi) is 5.91. The molecular weight excluding hydrogens is 382 g/mol. The van der Waals surface area contributed by atoms with E-state index in [4.69, 9.17) is 16.3 Å². The van der Waals surface area contributed by atoms with E-state index in [1.54, 1.807) is 56.2 Å². The van der Waals surface area contributed by atoms with Crippen molar-refractivity contribution in [1.82, 2.24) is 24.9 Å². The summed E-state index contributed by atoms with van der Waals surface area (Å²) in [5.41, 5.74) is 1.09. The highest BCUT2D eigenvalue weighted by molar-refractivity contribution is 6.30. The number of methoxy groups -OCH3 is 1. The summed E-state index contributed by atoms with van der Waals surface area (Å²) in [5, 5.41) is 11.8. The topological polar surface area (TPSA) is 91.0 Å². The van der Waals surface area contributed by atoms with Crippen molar-refractivity contribution < 1.29 is 9.53 Å². The summed E-state index contributed by atoms with van der Waals surface area (Å²) in [7, 11) is 3.28. The first-order valence-electron chi connectivity index (χ1n) is 8.58. The summed E-state index contributed by atoms with van der Waals surface area (Å²) in [5.74, 6) is -0.496. The lowest BCUT2D eigenvalue weighted by atomic mass is 10.1. The fraction of sp³-hybridized carbons (Fsp3) is 0.263. The van der Waals surface area contributed by atoms with Crippen LogP contribution in [0, 0.1) is 0 Å². The van der Waals surface area contributed by atoms with Crippen molar-refractivity contribution in [2.75, 3.05) is 13.7 Å². The monoisotopic (exact) mass is 401 g/mol. The Morgan fingerprint density at radius 2 is 2.04 bits per heavy atom. The summed E-state index contributed by atoms with van der Waals surface area (Å²) in [6.45, 7) is 2.13. The minimum Gasteiger partial charge on any atom is -0.383 e. The molecule has 0 aliphatic carbocycles. The number of hydrogen-bond acceptors (Lipinski definition) is 5. The second-order valence-corrected chi connectivity index (χ2v) is 6.81. The number of halogens is 1. The average Bonchev–Trinajstić information content (AvgIpc) is 3.09. The van der Waals surface area contributed by atoms with E-state index in [9.17, 15) is 9.59 Å². The van der Waals surface area contributed by atoms with Crippen LogP contribution in [0.4, 0.5) is 0 Å². The summed E-state index contributed by atoms with van der Waals surface area (Å²) >= 11 is 5.96. The molecule has 0 aliphatic heterocycles. The highest BCUT2D eigenvalue weighted by Crippen LogP contribution is 2.20. The highest BCUT2D eigenvalue weighted by Gasteiger charge is 2.19. The fourth-order valence-corrected chi connectivity index (χ4v) is 2.83. The van der Waals surface area contributed by atoms with E-state index in [1.807, 2.05) is 0 Å². The highest BCUT2D eigenvalue weighted by atomic mass is 35.5. The van der Waals surface area contributed by atoms with Gasteiger partial charge in [-0.1, -0.05) is 23.7 Å². The van der Waals surface area contributed by atoms with Gasteiger partial charge in [0.1, 0.15) is 11.3 Å². The third kappa shape index (κ3) is 4.29. The van der Waals surface area contributed by atoms with E-state index in [-0.39, 0.29) is 11.6 Å². The molecule has 8 nitrogen and oxygen atoms in total. The summed E-state index contributed by atoms with van der Waals surface area (Å²) in [6, 6.07) is 8.22. The van der Waals surface area contributed by atoms with Gasteiger partial charge in [-0.25, -0.2) is 0 Å². The predicted molar refractivity (Wildman–Crippen MR) is 106 cm³/mol. The Morgan fingerprint density at radius 3 is 2.64 bits per heavy atom. The number of aryl methyl sites for hydroxylation is 1. The molecule has 146 valence electrons. The molecule has 28 heavy (non-hydrogen) atoms.